The summed E-state index contributed by atoms with van der Waals surface area (Å²) in [5.74, 6) is 0.857. The van der Waals surface area contributed by atoms with E-state index in [4.69, 9.17) is 22.1 Å². The lowest BCUT2D eigenvalue weighted by Crippen LogP contribution is -2.26. The average molecular weight is 535 g/mol. The molecule has 38 heavy (non-hydrogen) atoms. The Morgan fingerprint density at radius 1 is 1.18 bits per heavy atom. The van der Waals surface area contributed by atoms with Crippen molar-refractivity contribution >= 4 is 23.1 Å². The number of nitrogens with two attached hydrogens (primary N) is 1. The van der Waals surface area contributed by atoms with Gasteiger partial charge in [-0.05, 0) is 102 Å². The van der Waals surface area contributed by atoms with Crippen molar-refractivity contribution in [2.75, 3.05) is 26.3 Å². The first-order valence-electron chi connectivity index (χ1n) is 13.7. The molecule has 1 fully saturated rings. The highest BCUT2D eigenvalue weighted by atomic mass is 35.5. The van der Waals surface area contributed by atoms with Gasteiger partial charge < -0.3 is 10.5 Å². The first-order valence-corrected chi connectivity index (χ1v) is 14.1. The maximum atomic E-state index is 12.5. The number of primary amides is 1. The fourth-order valence-corrected chi connectivity index (χ4v) is 6.31. The second kappa shape index (κ2) is 11.9. The number of amides is 1. The van der Waals surface area contributed by atoms with E-state index in [0.29, 0.717) is 17.9 Å². The van der Waals surface area contributed by atoms with Crippen molar-refractivity contribution in [2.45, 2.75) is 51.6 Å². The van der Waals surface area contributed by atoms with E-state index in [-0.39, 0.29) is 12.8 Å². The number of benzene rings is 2. The first kappa shape index (κ1) is 26.7. The number of allylic oxidation sites excluding steroid dienone is 5. The third-order valence-corrected chi connectivity index (χ3v) is 8.18. The number of hydrogen-bond acceptors (Lipinski definition) is 3. The maximum Gasteiger partial charge on any atom is 0.248 e. The molecule has 2 aromatic rings. The molecule has 5 rings (SSSR count). The van der Waals surface area contributed by atoms with Crippen LogP contribution in [0.1, 0.15) is 66.1 Å². The summed E-state index contributed by atoms with van der Waals surface area (Å²) in [6.07, 6.45) is 9.65. The Morgan fingerprint density at radius 2 is 2.00 bits per heavy atom. The van der Waals surface area contributed by atoms with Gasteiger partial charge in [-0.1, -0.05) is 48.9 Å². The van der Waals surface area contributed by atoms with E-state index in [1.807, 2.05) is 30.3 Å². The fraction of sp³-hybridized carbons (Fsp3) is 0.406. The summed E-state index contributed by atoms with van der Waals surface area (Å²) in [6, 6.07) is 14.1. The molecular weight excluding hydrogens is 499 g/mol. The van der Waals surface area contributed by atoms with Gasteiger partial charge >= 0.3 is 0 Å². The van der Waals surface area contributed by atoms with Gasteiger partial charge in [0.1, 0.15) is 11.9 Å². The van der Waals surface area contributed by atoms with Crippen molar-refractivity contribution in [3.63, 3.8) is 0 Å². The van der Waals surface area contributed by atoms with Crippen molar-refractivity contribution in [3.8, 4) is 5.75 Å². The van der Waals surface area contributed by atoms with E-state index in [1.54, 1.807) is 0 Å². The summed E-state index contributed by atoms with van der Waals surface area (Å²) in [5.41, 5.74) is 13.0. The van der Waals surface area contributed by atoms with Crippen molar-refractivity contribution in [3.05, 3.63) is 93.0 Å². The van der Waals surface area contributed by atoms with Crippen LogP contribution in [0.3, 0.4) is 0 Å². The number of carbonyl (C=O) groups excluding carboxylic acids is 1. The maximum absolute atomic E-state index is 12.5. The van der Waals surface area contributed by atoms with Gasteiger partial charge in [0.15, 0.2) is 0 Å². The number of rotatable bonds is 8. The molecule has 0 saturated carbocycles. The average Bonchev–Trinajstić information content (AvgIpc) is 3.26. The highest BCUT2D eigenvalue weighted by molar-refractivity contribution is 6.30. The minimum Gasteiger partial charge on any atom is -0.489 e. The molecule has 1 aliphatic heterocycles. The topological polar surface area (TPSA) is 55.6 Å². The molecule has 2 aliphatic carbocycles. The van der Waals surface area contributed by atoms with Gasteiger partial charge in [-0.25, -0.2) is 0 Å². The summed E-state index contributed by atoms with van der Waals surface area (Å²) in [6.45, 7) is 4.48. The van der Waals surface area contributed by atoms with Crippen molar-refractivity contribution in [2.24, 2.45) is 11.7 Å². The standard InChI is InChI=1S/C32H36ClFN2O2/c1-21-6-12-28(30(33)18-21)29-5-2-4-23-19-24(32(35)37)9-13-27(23)31(29)22-7-10-25(11-8-22)38-26-14-17-36(20-26)16-3-15-34/h6-13,19,21,26H,2-5,14-18,20H2,1H3,(H2,35,37)/t21?,26-/m0/s1. The van der Waals surface area contributed by atoms with E-state index in [0.717, 1.165) is 90.4 Å². The van der Waals surface area contributed by atoms with Crippen LogP contribution in [0.2, 0.25) is 0 Å². The monoisotopic (exact) mass is 534 g/mol. The van der Waals surface area contributed by atoms with Gasteiger partial charge in [0, 0.05) is 30.2 Å². The van der Waals surface area contributed by atoms with Gasteiger partial charge in [0.25, 0.3) is 0 Å². The molecule has 1 amide bonds. The number of aryl methyl sites for hydroxylation is 1. The van der Waals surface area contributed by atoms with E-state index in [2.05, 4.69) is 36.1 Å². The van der Waals surface area contributed by atoms with Crippen LogP contribution in [0.4, 0.5) is 4.39 Å². The molecule has 1 heterocycles. The van der Waals surface area contributed by atoms with Crippen molar-refractivity contribution < 1.29 is 13.9 Å². The molecule has 1 saturated heterocycles. The van der Waals surface area contributed by atoms with E-state index >= 15 is 0 Å². The number of ether oxygens (including phenoxy) is 1. The Bertz CT molecular complexity index is 1280. The minimum absolute atomic E-state index is 0.124. The van der Waals surface area contributed by atoms with Crippen molar-refractivity contribution in [1.82, 2.24) is 4.90 Å². The molecule has 200 valence electrons. The molecule has 0 aromatic heterocycles. The second-order valence-electron chi connectivity index (χ2n) is 10.7. The van der Waals surface area contributed by atoms with Gasteiger partial charge in [0.2, 0.25) is 5.91 Å². The highest BCUT2D eigenvalue weighted by Gasteiger charge is 2.26. The summed E-state index contributed by atoms with van der Waals surface area (Å²) in [7, 11) is 0. The van der Waals surface area contributed by atoms with Crippen LogP contribution in [0.15, 0.2) is 70.8 Å². The molecular formula is C32H36ClFN2O2. The van der Waals surface area contributed by atoms with Gasteiger partial charge in [-0.3, -0.25) is 14.1 Å². The molecule has 2 N–H and O–H groups in total. The Morgan fingerprint density at radius 3 is 2.74 bits per heavy atom. The minimum atomic E-state index is -0.408. The summed E-state index contributed by atoms with van der Waals surface area (Å²) >= 11 is 6.86. The fourth-order valence-electron chi connectivity index (χ4n) is 5.89. The zero-order valence-corrected chi connectivity index (χ0v) is 22.8. The number of nitrogens with zero attached hydrogens (tertiary/aromatic N) is 1. The smallest absolute Gasteiger partial charge is 0.248 e. The Labute approximate surface area is 230 Å². The highest BCUT2D eigenvalue weighted by Crippen LogP contribution is 2.42. The number of carbonyl (C=O) groups is 1. The van der Waals surface area contributed by atoms with Crippen LogP contribution < -0.4 is 10.5 Å². The van der Waals surface area contributed by atoms with E-state index in [9.17, 15) is 9.18 Å². The number of alkyl halides is 1. The van der Waals surface area contributed by atoms with Gasteiger partial charge in [0.05, 0.1) is 6.67 Å². The number of likely N-dealkylation sites (tertiary alicyclic amines) is 1. The van der Waals surface area contributed by atoms with Crippen LogP contribution in [0.5, 0.6) is 5.75 Å². The molecule has 2 atom stereocenters. The third-order valence-electron chi connectivity index (χ3n) is 7.83. The summed E-state index contributed by atoms with van der Waals surface area (Å²) in [5, 5.41) is 0.906. The number of hydrogen-bond donors (Lipinski definition) is 1. The predicted octanol–water partition coefficient (Wildman–Crippen LogP) is 6.83. The lowest BCUT2D eigenvalue weighted by Gasteiger charge is -2.22. The molecule has 0 bridgehead atoms. The molecule has 1 unspecified atom stereocenters. The summed E-state index contributed by atoms with van der Waals surface area (Å²) < 4.78 is 18.8. The number of halogens is 2. The van der Waals surface area contributed by atoms with Crippen LogP contribution in [-0.2, 0) is 6.42 Å². The SMILES string of the molecule is CC1C=CC(C2=C(c3ccc(O[C@H]4CCN(CCCF)C4)cc3)c3ccc(C(N)=O)cc3CCC2)=C(Cl)C1. The second-order valence-corrected chi connectivity index (χ2v) is 11.2. The largest absolute Gasteiger partial charge is 0.489 e. The molecule has 3 aliphatic rings. The Hall–Kier alpha value is -2.89. The van der Waals surface area contributed by atoms with E-state index in [1.165, 1.54) is 5.57 Å². The van der Waals surface area contributed by atoms with Gasteiger partial charge in [-0.2, -0.15) is 0 Å². The molecule has 6 heteroatoms. The molecule has 0 radical (unpaired) electrons. The zero-order valence-electron chi connectivity index (χ0n) is 22.0. The lowest BCUT2D eigenvalue weighted by molar-refractivity contribution is 0.1000. The molecule has 4 nitrogen and oxygen atoms in total. The van der Waals surface area contributed by atoms with E-state index < -0.39 is 5.91 Å². The Balaban J connectivity index is 1.49. The molecule has 2 aromatic carbocycles. The van der Waals surface area contributed by atoms with Crippen LogP contribution in [0.25, 0.3) is 5.57 Å². The number of fused-ring (bicyclic) bond motifs is 1. The quantitative estimate of drug-likeness (QED) is 0.404. The Kier molecular flexibility index (Phi) is 8.35. The third kappa shape index (κ3) is 5.89. The summed E-state index contributed by atoms with van der Waals surface area (Å²) in [4.78, 5) is 14.2. The van der Waals surface area contributed by atoms with Gasteiger partial charge in [-0.15, -0.1) is 0 Å². The van der Waals surface area contributed by atoms with Crippen LogP contribution in [-0.4, -0.2) is 43.2 Å². The predicted molar refractivity (Wildman–Crippen MR) is 152 cm³/mol. The van der Waals surface area contributed by atoms with Crippen LogP contribution in [0, 0.1) is 5.92 Å². The zero-order chi connectivity index (χ0) is 26.6. The lowest BCUT2D eigenvalue weighted by atomic mass is 9.84. The normalized spacial score (nSPS) is 22.0. The van der Waals surface area contributed by atoms with Crippen molar-refractivity contribution in [1.29, 1.82) is 0 Å². The first-order chi connectivity index (χ1) is 18.4. The van der Waals surface area contributed by atoms with Crippen LogP contribution >= 0.6 is 11.6 Å². The molecule has 0 spiro atoms.